The lowest BCUT2D eigenvalue weighted by Crippen LogP contribution is -2.02. The van der Waals surface area contributed by atoms with E-state index in [1.54, 1.807) is 0 Å². The lowest BCUT2D eigenvalue weighted by molar-refractivity contribution is 0.368. The zero-order valence-corrected chi connectivity index (χ0v) is 4.51. The van der Waals surface area contributed by atoms with E-state index in [1.807, 2.05) is 0 Å². The molecule has 0 amide bonds. The second kappa shape index (κ2) is 2.35. The molecule has 0 spiro atoms. The van der Waals surface area contributed by atoms with Crippen LogP contribution in [-0.2, 0) is 0 Å². The average molecular weight is 132 g/mol. The molecule has 4 radical (unpaired) electrons. The van der Waals surface area contributed by atoms with Crippen molar-refractivity contribution in [1.82, 2.24) is 0 Å². The predicted molar refractivity (Wildman–Crippen MR) is 15.9 cm³/mol. The van der Waals surface area contributed by atoms with Crippen molar-refractivity contribution in [3.8, 4) is 0 Å². The number of hydrogen-bond donors (Lipinski definition) is 0. The molecular weight excluding hydrogens is 132 g/mol. The number of rotatable bonds is 0. The molecule has 0 N–H and O–H groups in total. The van der Waals surface area contributed by atoms with Crippen LogP contribution in [0.5, 0.6) is 0 Å². The minimum Gasteiger partial charge on any atom is -0.211 e. The molecule has 0 aromatic rings. The molecule has 0 aliphatic heterocycles. The Bertz CT molecular complexity index is 21.0. The van der Waals surface area contributed by atoms with E-state index in [1.165, 1.54) is 0 Å². The first-order chi connectivity index (χ1) is 2.00. The maximum atomic E-state index is 9.83. The maximum Gasteiger partial charge on any atom is 0.844 e. The van der Waals surface area contributed by atoms with Crippen molar-refractivity contribution >= 4 is 20.4 Å². The predicted octanol–water partition coefficient (Wildman–Crippen LogP) is 0.919. The molecule has 0 saturated heterocycles. The summed E-state index contributed by atoms with van der Waals surface area (Å²) in [6.45, 7) is 0. The van der Waals surface area contributed by atoms with Crippen LogP contribution in [0.4, 0.5) is 16.4 Å². The summed E-state index contributed by atoms with van der Waals surface area (Å²) in [5, 5.41) is 0. The van der Waals surface area contributed by atoms with E-state index in [0.717, 1.165) is 0 Å². The summed E-state index contributed by atoms with van der Waals surface area (Å²) in [7, 11) is -6.61. The zero-order chi connectivity index (χ0) is 4.50. The fourth-order valence-corrected chi connectivity index (χ4v) is 0. The lowest BCUT2D eigenvalue weighted by atomic mass is 18.6. The summed E-state index contributed by atoms with van der Waals surface area (Å²) in [6.07, 6.45) is 0. The normalized spacial score (nSPS) is 10.0. The van der Waals surface area contributed by atoms with Crippen molar-refractivity contribution in [2.75, 3.05) is 0 Å². The van der Waals surface area contributed by atoms with Gasteiger partial charge < -0.3 is 0 Å². The van der Waals surface area contributed by atoms with E-state index in [4.69, 9.17) is 0 Å². The molecule has 0 aromatic heterocycles. The van der Waals surface area contributed by atoms with E-state index in [-0.39, 0.29) is 11.0 Å². The standard InChI is InChI=1S/F4Si.Si/c1-5(2,3)4;. The van der Waals surface area contributed by atoms with Gasteiger partial charge in [-0.05, 0) is 0 Å². The molecule has 0 saturated carbocycles. The van der Waals surface area contributed by atoms with Gasteiger partial charge in [0.15, 0.2) is 0 Å². The Labute approximate surface area is 37.9 Å². The molecule has 0 bridgehead atoms. The van der Waals surface area contributed by atoms with Crippen LogP contribution >= 0.6 is 0 Å². The molecule has 36 valence electrons. The highest BCUT2D eigenvalue weighted by Crippen LogP contribution is 2.06. The summed E-state index contributed by atoms with van der Waals surface area (Å²) in [6, 6.07) is 0. The second-order valence-electron chi connectivity index (χ2n) is 0.429. The van der Waals surface area contributed by atoms with E-state index in [0.29, 0.717) is 0 Å². The van der Waals surface area contributed by atoms with Crippen LogP contribution in [0.2, 0.25) is 0 Å². The zero-order valence-electron chi connectivity index (χ0n) is 2.51. The van der Waals surface area contributed by atoms with Crippen LogP contribution in [0.1, 0.15) is 0 Å². The van der Waals surface area contributed by atoms with Gasteiger partial charge in [-0.1, -0.05) is 0 Å². The molecule has 0 fully saturated rings. The van der Waals surface area contributed by atoms with E-state index in [9.17, 15) is 16.4 Å². The van der Waals surface area contributed by atoms with Crippen molar-refractivity contribution in [2.24, 2.45) is 0 Å². The Morgan fingerprint density at radius 2 is 0.833 bits per heavy atom. The first-order valence-electron chi connectivity index (χ1n) is 0.756. The monoisotopic (exact) mass is 132 g/mol. The number of halogens is 4. The highest BCUT2D eigenvalue weighted by Gasteiger charge is 2.39. The molecule has 0 rings (SSSR count). The molecule has 0 nitrogen and oxygen atoms in total. The minimum atomic E-state index is -6.61. The summed E-state index contributed by atoms with van der Waals surface area (Å²) in [5.74, 6) is 0. The van der Waals surface area contributed by atoms with Crippen LogP contribution in [0, 0.1) is 0 Å². The molecule has 0 aliphatic carbocycles. The van der Waals surface area contributed by atoms with Crippen LogP contribution in [0.25, 0.3) is 0 Å². The van der Waals surface area contributed by atoms with Gasteiger partial charge in [0, 0.05) is 11.0 Å². The second-order valence-corrected chi connectivity index (χ2v) is 1.29. The Morgan fingerprint density at radius 3 is 0.833 bits per heavy atom. The summed E-state index contributed by atoms with van der Waals surface area (Å²) < 4.78 is 39.3. The Morgan fingerprint density at radius 1 is 0.833 bits per heavy atom. The molecule has 0 aliphatic rings. The Kier molecular flexibility index (Phi) is 3.71. The van der Waals surface area contributed by atoms with Crippen LogP contribution < -0.4 is 0 Å². The van der Waals surface area contributed by atoms with Crippen LogP contribution in [-0.4, -0.2) is 20.4 Å². The molecule has 0 heterocycles. The Hall–Kier alpha value is 0.154. The van der Waals surface area contributed by atoms with Crippen molar-refractivity contribution in [2.45, 2.75) is 0 Å². The Balaban J connectivity index is 0. The molecular formula is F4Si2. The van der Waals surface area contributed by atoms with Gasteiger partial charge in [-0.25, -0.2) is 16.4 Å². The van der Waals surface area contributed by atoms with Gasteiger partial charge in [-0.2, -0.15) is 0 Å². The van der Waals surface area contributed by atoms with E-state index in [2.05, 4.69) is 0 Å². The quantitative estimate of drug-likeness (QED) is 0.261. The smallest absolute Gasteiger partial charge is 0.211 e. The third-order valence-electron chi connectivity index (χ3n) is 0. The molecule has 0 aromatic carbocycles. The molecule has 0 atom stereocenters. The largest absolute Gasteiger partial charge is 0.844 e. The minimum absolute atomic E-state index is 0. The fourth-order valence-electron chi connectivity index (χ4n) is 0. The lowest BCUT2D eigenvalue weighted by Gasteiger charge is -1.75. The van der Waals surface area contributed by atoms with Crippen molar-refractivity contribution < 1.29 is 16.4 Å². The van der Waals surface area contributed by atoms with Crippen molar-refractivity contribution in [3.05, 3.63) is 0 Å². The van der Waals surface area contributed by atoms with E-state index < -0.39 is 9.41 Å². The van der Waals surface area contributed by atoms with Crippen molar-refractivity contribution in [3.63, 3.8) is 0 Å². The SMILES string of the molecule is F[Si](F)(F)F.[Si]. The third kappa shape index (κ3) is 1750. The highest BCUT2D eigenvalue weighted by molar-refractivity contribution is 6.50. The average Bonchev–Trinajstić information content (AvgIpc) is 0.722. The van der Waals surface area contributed by atoms with Gasteiger partial charge in [0.25, 0.3) is 0 Å². The first-order valence-corrected chi connectivity index (χ1v) is 2.27. The summed E-state index contributed by atoms with van der Waals surface area (Å²) in [5.41, 5.74) is 0. The van der Waals surface area contributed by atoms with Crippen LogP contribution in [0.3, 0.4) is 0 Å². The van der Waals surface area contributed by atoms with Gasteiger partial charge >= 0.3 is 9.41 Å². The first kappa shape index (κ1) is 9.47. The molecule has 6 heteroatoms. The molecule has 0 unspecified atom stereocenters. The van der Waals surface area contributed by atoms with Gasteiger partial charge in [0.05, 0.1) is 0 Å². The van der Waals surface area contributed by atoms with Crippen LogP contribution in [0.15, 0.2) is 0 Å². The van der Waals surface area contributed by atoms with Gasteiger partial charge in [0.2, 0.25) is 0 Å². The maximum absolute atomic E-state index is 9.83. The van der Waals surface area contributed by atoms with Gasteiger partial charge in [-0.3, -0.25) is 0 Å². The van der Waals surface area contributed by atoms with E-state index >= 15 is 0 Å². The fraction of sp³-hybridized carbons (Fsp3) is 0. The van der Waals surface area contributed by atoms with Gasteiger partial charge in [0.1, 0.15) is 0 Å². The highest BCUT2D eigenvalue weighted by atomic mass is 28.5. The van der Waals surface area contributed by atoms with Gasteiger partial charge in [-0.15, -0.1) is 0 Å². The topological polar surface area (TPSA) is 0 Å². The molecule has 6 heavy (non-hydrogen) atoms. The van der Waals surface area contributed by atoms with Crippen molar-refractivity contribution in [1.29, 1.82) is 0 Å². The summed E-state index contributed by atoms with van der Waals surface area (Å²) in [4.78, 5) is 0. The third-order valence-corrected chi connectivity index (χ3v) is 0. The number of hydrogen-bond acceptors (Lipinski definition) is 0. The summed E-state index contributed by atoms with van der Waals surface area (Å²) >= 11 is 0.